The molecular weight excluding hydrogens is 419 g/mol. The van der Waals surface area contributed by atoms with Crippen LogP contribution in [0.3, 0.4) is 0 Å². The molecule has 0 aromatic carbocycles. The Bertz CT molecular complexity index is 911. The fourth-order valence-electron chi connectivity index (χ4n) is 3.22. The van der Waals surface area contributed by atoms with E-state index in [9.17, 15) is 19.7 Å². The lowest BCUT2D eigenvalue weighted by atomic mass is 10.1. The van der Waals surface area contributed by atoms with Gasteiger partial charge in [0, 0.05) is 6.04 Å². The summed E-state index contributed by atoms with van der Waals surface area (Å²) in [4.78, 5) is 21.8. The Hall–Kier alpha value is -1.70. The maximum absolute atomic E-state index is 12.1. The second-order valence-corrected chi connectivity index (χ2v) is 9.03. The van der Waals surface area contributed by atoms with Crippen LogP contribution in [0.4, 0.5) is 5.82 Å². The lowest BCUT2D eigenvalue weighted by Crippen LogP contribution is -2.33. The average molecular weight is 446 g/mol. The standard InChI is InChI=1S/C16H27N6O7P/c1-8(2)3-9(17)4-27-30(25,26)28-5-10-12(23)13(24)16(29-10)22-7-21-11-14(18)19-6-20-15(11)22/h6-10,12-13,16,23-24H,3-5,17H2,1-2H3,(H,25,26)(H2,18,19,20)/t9-,10+,12+,13+,16+/m0/s1. The van der Waals surface area contributed by atoms with Gasteiger partial charge in [-0.25, -0.2) is 19.5 Å². The molecule has 30 heavy (non-hydrogen) atoms. The van der Waals surface area contributed by atoms with Crippen LogP contribution < -0.4 is 11.5 Å². The number of phosphoric acid groups is 1. The number of aromatic nitrogens is 4. The van der Waals surface area contributed by atoms with Crippen molar-refractivity contribution < 1.29 is 33.5 Å². The van der Waals surface area contributed by atoms with Crippen molar-refractivity contribution in [3.05, 3.63) is 12.7 Å². The van der Waals surface area contributed by atoms with E-state index in [4.69, 9.17) is 25.3 Å². The number of nitrogens with two attached hydrogens (primary N) is 2. The van der Waals surface area contributed by atoms with Gasteiger partial charge in [-0.05, 0) is 12.3 Å². The number of hydrogen-bond acceptors (Lipinski definition) is 11. The Morgan fingerprint density at radius 3 is 2.70 bits per heavy atom. The van der Waals surface area contributed by atoms with Crippen molar-refractivity contribution in [2.45, 2.75) is 50.8 Å². The van der Waals surface area contributed by atoms with E-state index >= 15 is 0 Å². The van der Waals surface area contributed by atoms with E-state index in [0.29, 0.717) is 23.5 Å². The van der Waals surface area contributed by atoms with Gasteiger partial charge >= 0.3 is 7.82 Å². The molecule has 3 rings (SSSR count). The van der Waals surface area contributed by atoms with E-state index in [1.54, 1.807) is 0 Å². The summed E-state index contributed by atoms with van der Waals surface area (Å²) in [7, 11) is -4.42. The first-order chi connectivity index (χ1) is 14.1. The van der Waals surface area contributed by atoms with Gasteiger partial charge in [0.2, 0.25) is 0 Å². The highest BCUT2D eigenvalue weighted by Gasteiger charge is 2.45. The van der Waals surface area contributed by atoms with Crippen molar-refractivity contribution in [3.63, 3.8) is 0 Å². The molecule has 0 spiro atoms. The van der Waals surface area contributed by atoms with Crippen molar-refractivity contribution in [1.29, 1.82) is 0 Å². The number of fused-ring (bicyclic) bond motifs is 1. The third-order valence-corrected chi connectivity index (χ3v) is 5.58. The number of phosphoric ester groups is 1. The van der Waals surface area contributed by atoms with E-state index in [2.05, 4.69) is 15.0 Å². The number of ether oxygens (including phenoxy) is 1. The van der Waals surface area contributed by atoms with Crippen LogP contribution in [-0.4, -0.2) is 72.2 Å². The molecule has 0 bridgehead atoms. The van der Waals surface area contributed by atoms with Crippen LogP contribution in [0, 0.1) is 5.92 Å². The Labute approximate surface area is 172 Å². The number of anilines is 1. The van der Waals surface area contributed by atoms with Crippen LogP contribution in [0.25, 0.3) is 11.2 Å². The maximum atomic E-state index is 12.1. The molecule has 0 saturated carbocycles. The SMILES string of the molecule is CC(C)C[C@H](N)COP(=O)(O)OC[C@H]1O[C@@H](n2cnc3c(N)ncnc32)[C@H](O)[C@@H]1O. The van der Waals surface area contributed by atoms with Crippen LogP contribution in [-0.2, 0) is 18.3 Å². The summed E-state index contributed by atoms with van der Waals surface area (Å²) in [6.07, 6.45) is -1.74. The molecule has 1 saturated heterocycles. The summed E-state index contributed by atoms with van der Waals surface area (Å²) in [5.41, 5.74) is 12.2. The van der Waals surface area contributed by atoms with Crippen LogP contribution in [0.1, 0.15) is 26.5 Å². The van der Waals surface area contributed by atoms with Gasteiger partial charge in [-0.15, -0.1) is 0 Å². The van der Waals surface area contributed by atoms with E-state index in [1.807, 2.05) is 13.8 Å². The second-order valence-electron chi connectivity index (χ2n) is 7.58. The van der Waals surface area contributed by atoms with E-state index in [1.165, 1.54) is 17.2 Å². The second kappa shape index (κ2) is 9.20. The van der Waals surface area contributed by atoms with Crippen molar-refractivity contribution in [2.75, 3.05) is 18.9 Å². The van der Waals surface area contributed by atoms with Gasteiger partial charge in [0.15, 0.2) is 17.7 Å². The number of hydrogen-bond donors (Lipinski definition) is 5. The molecule has 168 valence electrons. The fraction of sp³-hybridized carbons (Fsp3) is 0.688. The lowest BCUT2D eigenvalue weighted by molar-refractivity contribution is -0.0515. The van der Waals surface area contributed by atoms with Crippen LogP contribution in [0.15, 0.2) is 12.7 Å². The van der Waals surface area contributed by atoms with Gasteiger partial charge in [0.05, 0.1) is 19.5 Å². The fourth-order valence-corrected chi connectivity index (χ4v) is 4.01. The Kier molecular flexibility index (Phi) is 7.05. The maximum Gasteiger partial charge on any atom is 0.472 e. The third kappa shape index (κ3) is 5.13. The first kappa shape index (κ1) is 23.0. The summed E-state index contributed by atoms with van der Waals surface area (Å²) in [5, 5.41) is 20.7. The lowest BCUT2D eigenvalue weighted by Gasteiger charge is -2.19. The molecule has 1 unspecified atom stereocenters. The zero-order chi connectivity index (χ0) is 22.1. The molecule has 2 aromatic rings. The van der Waals surface area contributed by atoms with Gasteiger partial charge in [-0.1, -0.05) is 13.8 Å². The number of nitrogen functional groups attached to an aromatic ring is 1. The molecule has 14 heteroatoms. The summed E-state index contributed by atoms with van der Waals surface area (Å²) in [6, 6.07) is -0.419. The number of aliphatic hydroxyl groups is 2. The number of rotatable bonds is 9. The molecule has 0 amide bonds. The first-order valence-electron chi connectivity index (χ1n) is 9.41. The molecule has 1 aliphatic rings. The smallest absolute Gasteiger partial charge is 0.387 e. The van der Waals surface area contributed by atoms with Gasteiger partial charge in [-0.3, -0.25) is 13.6 Å². The summed E-state index contributed by atoms with van der Waals surface area (Å²) in [6.45, 7) is 3.29. The highest BCUT2D eigenvalue weighted by molar-refractivity contribution is 7.47. The van der Waals surface area contributed by atoms with Crippen LogP contribution in [0.5, 0.6) is 0 Å². The van der Waals surface area contributed by atoms with E-state index in [0.717, 1.165) is 0 Å². The third-order valence-electron chi connectivity index (χ3n) is 4.63. The van der Waals surface area contributed by atoms with E-state index in [-0.39, 0.29) is 12.4 Å². The highest BCUT2D eigenvalue weighted by atomic mass is 31.2. The number of aliphatic hydroxyl groups excluding tert-OH is 2. The van der Waals surface area contributed by atoms with Crippen molar-refractivity contribution >= 4 is 24.8 Å². The number of nitrogens with zero attached hydrogens (tertiary/aromatic N) is 4. The van der Waals surface area contributed by atoms with E-state index < -0.39 is 45.0 Å². The average Bonchev–Trinajstić information content (AvgIpc) is 3.21. The zero-order valence-corrected chi connectivity index (χ0v) is 17.5. The van der Waals surface area contributed by atoms with Gasteiger partial charge in [-0.2, -0.15) is 0 Å². The van der Waals surface area contributed by atoms with Gasteiger partial charge < -0.3 is 31.3 Å². The van der Waals surface area contributed by atoms with Crippen molar-refractivity contribution in [1.82, 2.24) is 19.5 Å². The monoisotopic (exact) mass is 446 g/mol. The molecule has 13 nitrogen and oxygen atoms in total. The Morgan fingerprint density at radius 1 is 1.27 bits per heavy atom. The molecule has 1 aliphatic heterocycles. The van der Waals surface area contributed by atoms with Crippen molar-refractivity contribution in [2.24, 2.45) is 11.7 Å². The molecule has 2 aromatic heterocycles. The molecule has 1 fully saturated rings. The van der Waals surface area contributed by atoms with Gasteiger partial charge in [0.1, 0.15) is 30.2 Å². The minimum atomic E-state index is -4.42. The summed E-state index contributed by atoms with van der Waals surface area (Å²) in [5.74, 6) is 0.462. The largest absolute Gasteiger partial charge is 0.472 e. The number of imidazole rings is 1. The summed E-state index contributed by atoms with van der Waals surface area (Å²) >= 11 is 0. The molecule has 7 N–H and O–H groups in total. The Balaban J connectivity index is 1.61. The topological polar surface area (TPSA) is 201 Å². The highest BCUT2D eigenvalue weighted by Crippen LogP contribution is 2.44. The molecular formula is C16H27N6O7P. The van der Waals surface area contributed by atoms with Crippen molar-refractivity contribution in [3.8, 4) is 0 Å². The molecule has 0 aliphatic carbocycles. The zero-order valence-electron chi connectivity index (χ0n) is 16.6. The quantitative estimate of drug-likeness (QED) is 0.311. The Morgan fingerprint density at radius 2 is 2.00 bits per heavy atom. The molecule has 0 radical (unpaired) electrons. The van der Waals surface area contributed by atoms with Crippen LogP contribution in [0.2, 0.25) is 0 Å². The summed E-state index contributed by atoms with van der Waals surface area (Å²) < 4.78 is 28.9. The minimum Gasteiger partial charge on any atom is -0.387 e. The predicted molar refractivity (Wildman–Crippen MR) is 105 cm³/mol. The minimum absolute atomic E-state index is 0.153. The normalized spacial score (nSPS) is 27.6. The first-order valence-corrected chi connectivity index (χ1v) is 10.9. The van der Waals surface area contributed by atoms with Gasteiger partial charge in [0.25, 0.3) is 0 Å². The molecule has 6 atom stereocenters. The predicted octanol–water partition coefficient (Wildman–Crippen LogP) is -0.465. The molecule has 3 heterocycles. The van der Waals surface area contributed by atoms with Crippen LogP contribution >= 0.6 is 7.82 Å².